The summed E-state index contributed by atoms with van der Waals surface area (Å²) in [7, 11) is 0. The van der Waals surface area contributed by atoms with Crippen LogP contribution in [0.1, 0.15) is 142 Å². The van der Waals surface area contributed by atoms with Crippen LogP contribution in [-0.4, -0.2) is 13.2 Å². The average molecular weight is 623 g/mol. The Bertz CT molecular complexity index is 1280. The second kappa shape index (κ2) is 21.7. The van der Waals surface area contributed by atoms with Gasteiger partial charge >= 0.3 is 0 Å². The molecule has 4 rings (SSSR count). The number of hydrogen-bond acceptors (Lipinski definition) is 2. The standard InChI is InChI=1S/C44H62O2/c1-3-5-7-9-11-13-15-17-19-25-35-45-41-33-31-37-27-21-23-29-39(37)43(41)44-40-30-24-22-28-38(40)32-34-42(44)46-36-26-20-18-16-14-12-10-8-6-4-2/h21-24,27-34H,3-20,25-26,35-36H2,1-2H3. The third-order valence-corrected chi connectivity index (χ3v) is 9.54. The SMILES string of the molecule is CCCCCCCCCCCCOc1ccc2ccccc2c1-c1c(OCCCCCCCCCCCC)ccc2ccccc12. The van der Waals surface area contributed by atoms with E-state index in [9.17, 15) is 0 Å². The minimum atomic E-state index is 0.751. The van der Waals surface area contributed by atoms with E-state index in [1.54, 1.807) is 0 Å². The third-order valence-electron chi connectivity index (χ3n) is 9.54. The molecule has 0 heterocycles. The Balaban J connectivity index is 1.40. The Labute approximate surface area is 281 Å². The number of benzene rings is 4. The molecule has 0 amide bonds. The summed E-state index contributed by atoms with van der Waals surface area (Å²) >= 11 is 0. The van der Waals surface area contributed by atoms with Crippen LogP contribution in [0.4, 0.5) is 0 Å². The molecule has 0 atom stereocenters. The quantitative estimate of drug-likeness (QED) is 0.0685. The molecular weight excluding hydrogens is 560 g/mol. The minimum absolute atomic E-state index is 0.751. The fraction of sp³-hybridized carbons (Fsp3) is 0.545. The summed E-state index contributed by atoms with van der Waals surface area (Å²) in [6, 6.07) is 26.2. The summed E-state index contributed by atoms with van der Waals surface area (Å²) in [5.41, 5.74) is 2.33. The molecule has 46 heavy (non-hydrogen) atoms. The average Bonchev–Trinajstić information content (AvgIpc) is 3.09. The van der Waals surface area contributed by atoms with E-state index in [-0.39, 0.29) is 0 Å². The molecule has 2 nitrogen and oxygen atoms in total. The van der Waals surface area contributed by atoms with Crippen molar-refractivity contribution >= 4 is 21.5 Å². The van der Waals surface area contributed by atoms with Gasteiger partial charge in [-0.25, -0.2) is 0 Å². The monoisotopic (exact) mass is 622 g/mol. The Morgan fingerprint density at radius 2 is 0.674 bits per heavy atom. The molecule has 0 fully saturated rings. The molecule has 0 N–H and O–H groups in total. The summed E-state index contributed by atoms with van der Waals surface area (Å²) in [6.45, 7) is 6.08. The highest BCUT2D eigenvalue weighted by Gasteiger charge is 2.19. The third kappa shape index (κ3) is 11.7. The molecular formula is C44H62O2. The lowest BCUT2D eigenvalue weighted by atomic mass is 9.92. The van der Waals surface area contributed by atoms with Gasteiger partial charge in [-0.1, -0.05) is 190 Å². The van der Waals surface area contributed by atoms with Crippen molar-refractivity contribution in [3.05, 3.63) is 72.8 Å². The molecule has 0 saturated carbocycles. The number of unbranched alkanes of at least 4 members (excludes halogenated alkanes) is 18. The lowest BCUT2D eigenvalue weighted by Gasteiger charge is -2.20. The van der Waals surface area contributed by atoms with E-state index in [4.69, 9.17) is 9.47 Å². The van der Waals surface area contributed by atoms with Crippen LogP contribution >= 0.6 is 0 Å². The normalized spacial score (nSPS) is 11.4. The van der Waals surface area contributed by atoms with E-state index in [1.807, 2.05) is 0 Å². The van der Waals surface area contributed by atoms with E-state index in [1.165, 1.54) is 148 Å². The molecule has 0 aromatic heterocycles. The van der Waals surface area contributed by atoms with Crippen molar-refractivity contribution < 1.29 is 9.47 Å². The van der Waals surface area contributed by atoms with Crippen molar-refractivity contribution in [2.45, 2.75) is 142 Å². The topological polar surface area (TPSA) is 18.5 Å². The maximum absolute atomic E-state index is 6.63. The molecule has 250 valence electrons. The van der Waals surface area contributed by atoms with E-state index in [2.05, 4.69) is 86.6 Å². The van der Waals surface area contributed by atoms with Gasteiger partial charge in [0.25, 0.3) is 0 Å². The highest BCUT2D eigenvalue weighted by Crippen LogP contribution is 2.45. The zero-order chi connectivity index (χ0) is 32.1. The van der Waals surface area contributed by atoms with Gasteiger partial charge in [-0.15, -0.1) is 0 Å². The molecule has 0 spiro atoms. The first kappa shape index (κ1) is 35.8. The van der Waals surface area contributed by atoms with Gasteiger partial charge in [0.05, 0.1) is 13.2 Å². The van der Waals surface area contributed by atoms with Crippen molar-refractivity contribution in [1.82, 2.24) is 0 Å². The van der Waals surface area contributed by atoms with Crippen molar-refractivity contribution in [3.8, 4) is 22.6 Å². The summed E-state index contributed by atoms with van der Waals surface area (Å²) in [6.07, 6.45) is 26.6. The van der Waals surface area contributed by atoms with Crippen LogP contribution in [0.3, 0.4) is 0 Å². The summed E-state index contributed by atoms with van der Waals surface area (Å²) in [5.74, 6) is 1.93. The fourth-order valence-electron chi connectivity index (χ4n) is 6.80. The van der Waals surface area contributed by atoms with Crippen LogP contribution in [0.2, 0.25) is 0 Å². The van der Waals surface area contributed by atoms with Gasteiger partial charge in [-0.3, -0.25) is 0 Å². The number of rotatable bonds is 25. The van der Waals surface area contributed by atoms with Gasteiger partial charge < -0.3 is 9.47 Å². The maximum Gasteiger partial charge on any atom is 0.127 e. The largest absolute Gasteiger partial charge is 0.493 e. The summed E-state index contributed by atoms with van der Waals surface area (Å²) in [4.78, 5) is 0. The first-order chi connectivity index (χ1) is 22.8. The van der Waals surface area contributed by atoms with Crippen LogP contribution in [0, 0.1) is 0 Å². The summed E-state index contributed by atoms with van der Waals surface area (Å²) < 4.78 is 13.3. The zero-order valence-electron chi connectivity index (χ0n) is 29.3. The molecule has 0 aliphatic heterocycles. The highest BCUT2D eigenvalue weighted by atomic mass is 16.5. The number of hydrogen-bond donors (Lipinski definition) is 0. The molecule has 0 unspecified atom stereocenters. The second-order valence-electron chi connectivity index (χ2n) is 13.4. The first-order valence-electron chi connectivity index (χ1n) is 19.1. The van der Waals surface area contributed by atoms with E-state index < -0.39 is 0 Å². The van der Waals surface area contributed by atoms with Crippen LogP contribution in [0.5, 0.6) is 11.5 Å². The molecule has 0 radical (unpaired) electrons. The molecule has 4 aromatic carbocycles. The smallest absolute Gasteiger partial charge is 0.127 e. The molecule has 0 saturated heterocycles. The van der Waals surface area contributed by atoms with Gasteiger partial charge in [0.2, 0.25) is 0 Å². The van der Waals surface area contributed by atoms with Crippen LogP contribution in [0.15, 0.2) is 72.8 Å². The van der Waals surface area contributed by atoms with Crippen LogP contribution in [-0.2, 0) is 0 Å². The van der Waals surface area contributed by atoms with Gasteiger partial charge in [-0.05, 0) is 46.5 Å². The molecule has 0 aliphatic rings. The van der Waals surface area contributed by atoms with Crippen molar-refractivity contribution in [1.29, 1.82) is 0 Å². The Hall–Kier alpha value is -3.00. The predicted molar refractivity (Wildman–Crippen MR) is 202 cm³/mol. The van der Waals surface area contributed by atoms with E-state index in [0.717, 1.165) is 37.6 Å². The molecule has 0 aliphatic carbocycles. The lowest BCUT2D eigenvalue weighted by Crippen LogP contribution is -2.02. The van der Waals surface area contributed by atoms with E-state index in [0.29, 0.717) is 0 Å². The Kier molecular flexibility index (Phi) is 16.9. The van der Waals surface area contributed by atoms with Gasteiger partial charge in [0, 0.05) is 11.1 Å². The Morgan fingerprint density at radius 3 is 1.04 bits per heavy atom. The van der Waals surface area contributed by atoms with Crippen molar-refractivity contribution in [2.24, 2.45) is 0 Å². The Morgan fingerprint density at radius 1 is 0.348 bits per heavy atom. The summed E-state index contributed by atoms with van der Waals surface area (Å²) in [5, 5.41) is 4.92. The number of ether oxygens (including phenoxy) is 2. The minimum Gasteiger partial charge on any atom is -0.493 e. The van der Waals surface area contributed by atoms with Crippen LogP contribution in [0.25, 0.3) is 32.7 Å². The zero-order valence-corrected chi connectivity index (χ0v) is 29.3. The molecule has 4 aromatic rings. The highest BCUT2D eigenvalue weighted by molar-refractivity contribution is 6.09. The fourth-order valence-corrected chi connectivity index (χ4v) is 6.80. The van der Waals surface area contributed by atoms with Gasteiger partial charge in [0.1, 0.15) is 11.5 Å². The van der Waals surface area contributed by atoms with Gasteiger partial charge in [0.15, 0.2) is 0 Å². The second-order valence-corrected chi connectivity index (χ2v) is 13.4. The van der Waals surface area contributed by atoms with Crippen molar-refractivity contribution in [2.75, 3.05) is 13.2 Å². The van der Waals surface area contributed by atoms with Crippen LogP contribution < -0.4 is 9.47 Å². The molecule has 0 bridgehead atoms. The van der Waals surface area contributed by atoms with Gasteiger partial charge in [-0.2, -0.15) is 0 Å². The van der Waals surface area contributed by atoms with E-state index >= 15 is 0 Å². The lowest BCUT2D eigenvalue weighted by molar-refractivity contribution is 0.301. The van der Waals surface area contributed by atoms with Crippen molar-refractivity contribution in [3.63, 3.8) is 0 Å². The molecule has 2 heteroatoms. The first-order valence-corrected chi connectivity index (χ1v) is 19.1. The number of fused-ring (bicyclic) bond motifs is 2. The predicted octanol–water partition coefficient (Wildman–Crippen LogP) is 14.3. The maximum atomic E-state index is 6.63.